The Morgan fingerprint density at radius 2 is 2.05 bits per heavy atom. The Labute approximate surface area is 113 Å². The highest BCUT2D eigenvalue weighted by atomic mass is 35.5. The van der Waals surface area contributed by atoms with Crippen LogP contribution in [0.25, 0.3) is 0 Å². The molecule has 2 N–H and O–H groups in total. The van der Waals surface area contributed by atoms with Crippen molar-refractivity contribution in [2.24, 2.45) is 0 Å². The van der Waals surface area contributed by atoms with Gasteiger partial charge in [-0.25, -0.2) is 8.78 Å². The first-order valence-electron chi connectivity index (χ1n) is 5.63. The highest BCUT2D eigenvalue weighted by Gasteiger charge is 2.22. The first kappa shape index (κ1) is 15.6. The van der Waals surface area contributed by atoms with Crippen LogP contribution in [0.3, 0.4) is 0 Å². The van der Waals surface area contributed by atoms with E-state index in [-0.39, 0.29) is 11.9 Å². The minimum Gasteiger partial charge on any atom is -0.503 e. The number of rotatable bonds is 5. The van der Waals surface area contributed by atoms with Crippen molar-refractivity contribution in [2.75, 3.05) is 6.54 Å². The van der Waals surface area contributed by atoms with Gasteiger partial charge < -0.3 is 10.4 Å². The number of carbonyl (C=O) groups excluding carboxylic acids is 1. The number of amides is 1. The molecule has 1 rings (SSSR count). The quantitative estimate of drug-likeness (QED) is 0.498. The molecule has 0 radical (unpaired) electrons. The molecule has 0 aliphatic heterocycles. The Balaban J connectivity index is 2.73. The molecule has 1 aromatic carbocycles. The van der Waals surface area contributed by atoms with Crippen molar-refractivity contribution in [3.63, 3.8) is 0 Å². The van der Waals surface area contributed by atoms with Gasteiger partial charge in [0.2, 0.25) is 5.82 Å². The van der Waals surface area contributed by atoms with Gasteiger partial charge in [-0.3, -0.25) is 4.79 Å². The number of carbonyl (C=O) groups is 1. The third-order valence-corrected chi connectivity index (χ3v) is 2.66. The number of hydrogen-bond acceptors (Lipinski definition) is 2. The van der Waals surface area contributed by atoms with Crippen molar-refractivity contribution in [3.05, 3.63) is 29.1 Å². The highest BCUT2D eigenvalue weighted by molar-refractivity contribution is 6.20. The van der Waals surface area contributed by atoms with Crippen LogP contribution in [0, 0.1) is 17.5 Å². The second kappa shape index (κ2) is 6.65. The lowest BCUT2D eigenvalue weighted by Gasteiger charge is -2.08. The van der Waals surface area contributed by atoms with Crippen molar-refractivity contribution >= 4 is 17.5 Å². The van der Waals surface area contributed by atoms with E-state index in [0.29, 0.717) is 18.9 Å². The largest absolute Gasteiger partial charge is 0.503 e. The van der Waals surface area contributed by atoms with Crippen molar-refractivity contribution in [2.45, 2.75) is 25.1 Å². The van der Waals surface area contributed by atoms with Crippen LogP contribution in [0.1, 0.15) is 30.1 Å². The number of hydrogen-bond donors (Lipinski definition) is 2. The van der Waals surface area contributed by atoms with Gasteiger partial charge in [0.15, 0.2) is 17.4 Å². The molecule has 0 aliphatic rings. The Bertz CT molecular complexity index is 481. The van der Waals surface area contributed by atoms with Crippen LogP contribution < -0.4 is 5.32 Å². The molecule has 0 heterocycles. The number of phenolic OH excluding ortho intramolecular Hbond substituents is 1. The maximum absolute atomic E-state index is 13.4. The lowest BCUT2D eigenvalue weighted by Crippen LogP contribution is -2.26. The summed E-state index contributed by atoms with van der Waals surface area (Å²) in [6, 6.07) is 0.407. The number of halogens is 4. The number of phenols is 1. The Morgan fingerprint density at radius 1 is 1.42 bits per heavy atom. The number of nitrogens with one attached hydrogen (secondary N) is 1. The standard InChI is InChI=1S/C12H13ClF3NO2/c1-6(13)3-2-4-17-12(19)7-5-8(14)10(16)11(18)9(7)15/h5-6,18H,2-4H2,1H3,(H,17,19). The van der Waals surface area contributed by atoms with Crippen molar-refractivity contribution in [3.8, 4) is 5.75 Å². The van der Waals surface area contributed by atoms with E-state index >= 15 is 0 Å². The molecular formula is C12H13ClF3NO2. The van der Waals surface area contributed by atoms with Gasteiger partial charge in [0.1, 0.15) is 0 Å². The molecule has 0 aromatic heterocycles. The fourth-order valence-electron chi connectivity index (χ4n) is 1.44. The van der Waals surface area contributed by atoms with E-state index < -0.39 is 34.7 Å². The zero-order valence-electron chi connectivity index (χ0n) is 10.1. The molecule has 0 aliphatic carbocycles. The predicted molar refractivity (Wildman–Crippen MR) is 64.9 cm³/mol. The van der Waals surface area contributed by atoms with Gasteiger partial charge in [-0.15, -0.1) is 11.6 Å². The third-order valence-electron chi connectivity index (χ3n) is 2.44. The van der Waals surface area contributed by atoms with Gasteiger partial charge in [0.25, 0.3) is 5.91 Å². The second-order valence-electron chi connectivity index (χ2n) is 4.06. The van der Waals surface area contributed by atoms with E-state index in [9.17, 15) is 18.0 Å². The summed E-state index contributed by atoms with van der Waals surface area (Å²) < 4.78 is 39.2. The topological polar surface area (TPSA) is 49.3 Å². The zero-order valence-corrected chi connectivity index (χ0v) is 10.9. The summed E-state index contributed by atoms with van der Waals surface area (Å²) in [6.07, 6.45) is 1.21. The molecule has 1 atom stereocenters. The fourth-order valence-corrected chi connectivity index (χ4v) is 1.59. The molecule has 3 nitrogen and oxygen atoms in total. The maximum Gasteiger partial charge on any atom is 0.254 e. The molecule has 0 saturated carbocycles. The van der Waals surface area contributed by atoms with E-state index in [1.54, 1.807) is 6.92 Å². The number of benzene rings is 1. The molecule has 1 aromatic rings. The normalized spacial score (nSPS) is 12.3. The number of aromatic hydroxyl groups is 1. The van der Waals surface area contributed by atoms with Crippen LogP contribution >= 0.6 is 11.6 Å². The summed E-state index contributed by atoms with van der Waals surface area (Å²) >= 11 is 5.70. The van der Waals surface area contributed by atoms with Crippen molar-refractivity contribution in [1.29, 1.82) is 0 Å². The predicted octanol–water partition coefficient (Wildman–Crippen LogP) is 2.95. The monoisotopic (exact) mass is 295 g/mol. The van der Waals surface area contributed by atoms with Gasteiger partial charge >= 0.3 is 0 Å². The van der Waals surface area contributed by atoms with Crippen LogP contribution in [0.4, 0.5) is 13.2 Å². The van der Waals surface area contributed by atoms with Crippen molar-refractivity contribution < 1.29 is 23.1 Å². The fraction of sp³-hybridized carbons (Fsp3) is 0.417. The van der Waals surface area contributed by atoms with E-state index in [2.05, 4.69) is 5.32 Å². The molecule has 1 unspecified atom stereocenters. The summed E-state index contributed by atoms with van der Waals surface area (Å²) in [5.41, 5.74) is -0.740. The third kappa shape index (κ3) is 4.02. The minimum absolute atomic E-state index is 0.0547. The molecule has 19 heavy (non-hydrogen) atoms. The lowest BCUT2D eigenvalue weighted by molar-refractivity contribution is 0.0947. The summed E-state index contributed by atoms with van der Waals surface area (Å²) in [5, 5.41) is 11.3. The van der Waals surface area contributed by atoms with E-state index in [1.807, 2.05) is 0 Å². The zero-order chi connectivity index (χ0) is 14.6. The first-order valence-corrected chi connectivity index (χ1v) is 6.07. The molecule has 1 amide bonds. The molecule has 0 bridgehead atoms. The Hall–Kier alpha value is -1.43. The SMILES string of the molecule is CC(Cl)CCCNC(=O)c1cc(F)c(F)c(O)c1F. The Kier molecular flexibility index (Phi) is 5.47. The second-order valence-corrected chi connectivity index (χ2v) is 4.81. The summed E-state index contributed by atoms with van der Waals surface area (Å²) in [7, 11) is 0. The molecule has 0 saturated heterocycles. The highest BCUT2D eigenvalue weighted by Crippen LogP contribution is 2.25. The number of alkyl halides is 1. The lowest BCUT2D eigenvalue weighted by atomic mass is 10.1. The Morgan fingerprint density at radius 3 is 2.63 bits per heavy atom. The van der Waals surface area contributed by atoms with Gasteiger partial charge in [0.05, 0.1) is 5.56 Å². The molecule has 0 spiro atoms. The van der Waals surface area contributed by atoms with Crippen LogP contribution in [0.5, 0.6) is 5.75 Å². The molecule has 106 valence electrons. The van der Waals surface area contributed by atoms with Crippen LogP contribution in [-0.2, 0) is 0 Å². The smallest absolute Gasteiger partial charge is 0.254 e. The van der Waals surface area contributed by atoms with Crippen LogP contribution in [0.2, 0.25) is 0 Å². The average molecular weight is 296 g/mol. The van der Waals surface area contributed by atoms with Gasteiger partial charge in [-0.05, 0) is 25.8 Å². The van der Waals surface area contributed by atoms with Crippen molar-refractivity contribution in [1.82, 2.24) is 5.32 Å². The van der Waals surface area contributed by atoms with Gasteiger partial charge in [-0.2, -0.15) is 4.39 Å². The van der Waals surface area contributed by atoms with Gasteiger partial charge in [-0.1, -0.05) is 0 Å². The molecule has 7 heteroatoms. The average Bonchev–Trinajstić information content (AvgIpc) is 2.36. The summed E-state index contributed by atoms with van der Waals surface area (Å²) in [6.45, 7) is 2.01. The van der Waals surface area contributed by atoms with E-state index in [1.165, 1.54) is 0 Å². The summed E-state index contributed by atoms with van der Waals surface area (Å²) in [5.74, 6) is -7.11. The summed E-state index contributed by atoms with van der Waals surface area (Å²) in [4.78, 5) is 11.5. The van der Waals surface area contributed by atoms with E-state index in [0.717, 1.165) is 0 Å². The molecule has 0 fully saturated rings. The molecular weight excluding hydrogens is 283 g/mol. The van der Waals surface area contributed by atoms with Crippen LogP contribution in [0.15, 0.2) is 6.07 Å². The first-order chi connectivity index (χ1) is 8.84. The van der Waals surface area contributed by atoms with E-state index in [4.69, 9.17) is 16.7 Å². The minimum atomic E-state index is -1.72. The maximum atomic E-state index is 13.4. The van der Waals surface area contributed by atoms with Gasteiger partial charge in [0, 0.05) is 11.9 Å². The van der Waals surface area contributed by atoms with Crippen LogP contribution in [-0.4, -0.2) is 22.9 Å².